The van der Waals surface area contributed by atoms with Crippen LogP contribution in [0, 0.1) is 0 Å². The number of fused-ring (bicyclic) bond motifs is 3. The highest BCUT2D eigenvalue weighted by Gasteiger charge is 2.33. The van der Waals surface area contributed by atoms with Crippen LogP contribution >= 0.6 is 11.3 Å². The highest BCUT2D eigenvalue weighted by Crippen LogP contribution is 2.42. The van der Waals surface area contributed by atoms with E-state index in [1.165, 1.54) is 23.8 Å². The lowest BCUT2D eigenvalue weighted by Crippen LogP contribution is -2.38. The minimum atomic E-state index is -0.433. The standard InChI is InChI=1S/C33H30N2O6S/c1-5-40-28-16-20(10-14-26(28)41-19(2)36)17-29-32(37)35-31(22-12-15-25(38-3)27(18-22)39-4)24-13-11-21-8-6-7-9-23(21)30(24)34-33(35)42-29/h6-10,12,14-18,31H,5,11,13H2,1-4H3/b29-17-/t31-/m1/s1. The maximum absolute atomic E-state index is 14.1. The normalized spacial score (nSPS) is 15.7. The first-order chi connectivity index (χ1) is 20.4. The first-order valence-corrected chi connectivity index (χ1v) is 14.5. The Labute approximate surface area is 246 Å². The summed E-state index contributed by atoms with van der Waals surface area (Å²) in [6, 6.07) is 19.0. The van der Waals surface area contributed by atoms with Crippen LogP contribution in [0.15, 0.2) is 76.0 Å². The second kappa shape index (κ2) is 11.3. The number of thiazole rings is 1. The Kier molecular flexibility index (Phi) is 7.43. The predicted octanol–water partition coefficient (Wildman–Crippen LogP) is 4.66. The zero-order valence-electron chi connectivity index (χ0n) is 23.8. The van der Waals surface area contributed by atoms with Crippen LogP contribution in [0.25, 0.3) is 11.8 Å². The SMILES string of the molecule is CCOc1cc(/C=c2\sc3n(c2=O)[C@H](c2ccc(OC)c(OC)c2)C2=C(N=3)c3ccccc3CC2)ccc1OC(C)=O. The third-order valence-corrected chi connectivity index (χ3v) is 8.40. The second-order valence-electron chi connectivity index (χ2n) is 9.96. The molecule has 1 aliphatic carbocycles. The number of methoxy groups -OCH3 is 2. The number of rotatable bonds is 7. The van der Waals surface area contributed by atoms with Gasteiger partial charge < -0.3 is 18.9 Å². The molecule has 214 valence electrons. The molecule has 0 amide bonds. The molecule has 0 unspecified atom stereocenters. The smallest absolute Gasteiger partial charge is 0.308 e. The fourth-order valence-electron chi connectivity index (χ4n) is 5.62. The molecular weight excluding hydrogens is 552 g/mol. The fourth-order valence-corrected chi connectivity index (χ4v) is 6.62. The van der Waals surface area contributed by atoms with Gasteiger partial charge in [-0.1, -0.05) is 47.7 Å². The molecule has 3 aromatic carbocycles. The van der Waals surface area contributed by atoms with Gasteiger partial charge in [-0.2, -0.15) is 0 Å². The molecule has 1 aliphatic heterocycles. The number of aromatic nitrogens is 1. The average molecular weight is 583 g/mol. The molecule has 9 heteroatoms. The van der Waals surface area contributed by atoms with Crippen molar-refractivity contribution in [2.24, 2.45) is 4.99 Å². The number of nitrogens with zero attached hydrogens (tertiary/aromatic N) is 2. The van der Waals surface area contributed by atoms with E-state index >= 15 is 0 Å². The van der Waals surface area contributed by atoms with E-state index in [1.54, 1.807) is 37.0 Å². The fraction of sp³-hybridized carbons (Fsp3) is 0.242. The summed E-state index contributed by atoms with van der Waals surface area (Å²) < 4.78 is 24.5. The highest BCUT2D eigenvalue weighted by atomic mass is 32.1. The molecule has 2 heterocycles. The Bertz CT molecular complexity index is 1920. The molecule has 0 N–H and O–H groups in total. The zero-order valence-corrected chi connectivity index (χ0v) is 24.6. The van der Waals surface area contributed by atoms with Gasteiger partial charge >= 0.3 is 5.97 Å². The highest BCUT2D eigenvalue weighted by molar-refractivity contribution is 7.07. The van der Waals surface area contributed by atoms with E-state index in [1.807, 2.05) is 37.3 Å². The van der Waals surface area contributed by atoms with Gasteiger partial charge in [0.25, 0.3) is 5.56 Å². The number of ether oxygens (including phenoxy) is 4. The van der Waals surface area contributed by atoms with Gasteiger partial charge in [-0.25, -0.2) is 4.99 Å². The van der Waals surface area contributed by atoms with Crippen LogP contribution in [0.5, 0.6) is 23.0 Å². The summed E-state index contributed by atoms with van der Waals surface area (Å²) in [5.41, 5.74) is 5.91. The number of carbonyl (C=O) groups excluding carboxylic acids is 1. The van der Waals surface area contributed by atoms with Gasteiger partial charge in [0.2, 0.25) is 0 Å². The maximum atomic E-state index is 14.1. The number of carbonyl (C=O) groups is 1. The number of esters is 1. The van der Waals surface area contributed by atoms with E-state index in [2.05, 4.69) is 18.2 Å². The lowest BCUT2D eigenvalue weighted by Gasteiger charge is -2.31. The summed E-state index contributed by atoms with van der Waals surface area (Å²) in [4.78, 5) is 31.4. The van der Waals surface area contributed by atoms with Crippen molar-refractivity contribution in [2.75, 3.05) is 20.8 Å². The molecule has 0 radical (unpaired) electrons. The number of allylic oxidation sites excluding steroid dienone is 1. The summed E-state index contributed by atoms with van der Waals surface area (Å²) in [6.07, 6.45) is 3.48. The van der Waals surface area contributed by atoms with Crippen molar-refractivity contribution in [2.45, 2.75) is 32.7 Å². The monoisotopic (exact) mass is 582 g/mol. The first-order valence-electron chi connectivity index (χ1n) is 13.7. The van der Waals surface area contributed by atoms with E-state index in [0.717, 1.165) is 40.8 Å². The van der Waals surface area contributed by atoms with Crippen LogP contribution in [0.1, 0.15) is 48.6 Å². The van der Waals surface area contributed by atoms with Crippen LogP contribution in [0.2, 0.25) is 0 Å². The van der Waals surface area contributed by atoms with E-state index in [4.69, 9.17) is 23.9 Å². The summed E-state index contributed by atoms with van der Waals surface area (Å²) in [7, 11) is 3.22. The Balaban J connectivity index is 1.55. The molecule has 1 atom stereocenters. The van der Waals surface area contributed by atoms with Crippen molar-refractivity contribution in [3.63, 3.8) is 0 Å². The third kappa shape index (κ3) is 4.90. The van der Waals surface area contributed by atoms with E-state index in [9.17, 15) is 9.59 Å². The molecule has 1 aromatic heterocycles. The summed E-state index contributed by atoms with van der Waals surface area (Å²) in [5.74, 6) is 1.56. The van der Waals surface area contributed by atoms with Gasteiger partial charge in [0.05, 0.1) is 37.1 Å². The average Bonchev–Trinajstić information content (AvgIpc) is 3.30. The Hall–Kier alpha value is -4.63. The van der Waals surface area contributed by atoms with Crippen LogP contribution in [0.3, 0.4) is 0 Å². The van der Waals surface area contributed by atoms with Gasteiger partial charge in [0.15, 0.2) is 27.8 Å². The Morgan fingerprint density at radius 1 is 1.00 bits per heavy atom. The van der Waals surface area contributed by atoms with Gasteiger partial charge in [-0.15, -0.1) is 0 Å². The van der Waals surface area contributed by atoms with Crippen LogP contribution in [-0.2, 0) is 11.2 Å². The van der Waals surface area contributed by atoms with Gasteiger partial charge in [0.1, 0.15) is 0 Å². The summed E-state index contributed by atoms with van der Waals surface area (Å²) >= 11 is 1.35. The largest absolute Gasteiger partial charge is 0.493 e. The van der Waals surface area contributed by atoms with Crippen molar-refractivity contribution < 1.29 is 23.7 Å². The predicted molar refractivity (Wildman–Crippen MR) is 161 cm³/mol. The zero-order chi connectivity index (χ0) is 29.4. The third-order valence-electron chi connectivity index (χ3n) is 7.42. The van der Waals surface area contributed by atoms with Gasteiger partial charge in [-0.3, -0.25) is 14.2 Å². The second-order valence-corrected chi connectivity index (χ2v) is 11.0. The molecule has 0 spiro atoms. The molecule has 0 saturated carbocycles. The molecule has 8 nitrogen and oxygen atoms in total. The van der Waals surface area contributed by atoms with E-state index in [-0.39, 0.29) is 11.6 Å². The van der Waals surface area contributed by atoms with Crippen molar-refractivity contribution in [3.05, 3.63) is 108 Å². The quantitative estimate of drug-likeness (QED) is 0.233. The summed E-state index contributed by atoms with van der Waals surface area (Å²) in [6.45, 7) is 3.60. The lowest BCUT2D eigenvalue weighted by molar-refractivity contribution is -0.132. The molecule has 0 fully saturated rings. The van der Waals surface area contributed by atoms with Crippen molar-refractivity contribution >= 4 is 29.1 Å². The van der Waals surface area contributed by atoms with Gasteiger partial charge in [0, 0.05) is 12.5 Å². The number of aryl methyl sites for hydroxylation is 1. The van der Waals surface area contributed by atoms with Crippen molar-refractivity contribution in [3.8, 4) is 23.0 Å². The molecule has 0 saturated heterocycles. The lowest BCUT2D eigenvalue weighted by atomic mass is 9.83. The Morgan fingerprint density at radius 3 is 2.55 bits per heavy atom. The molecule has 6 rings (SSSR count). The number of benzene rings is 3. The Morgan fingerprint density at radius 2 is 1.79 bits per heavy atom. The van der Waals surface area contributed by atoms with Gasteiger partial charge in [-0.05, 0) is 72.4 Å². The topological polar surface area (TPSA) is 88.3 Å². The van der Waals surface area contributed by atoms with Crippen molar-refractivity contribution in [1.29, 1.82) is 0 Å². The molecular formula is C33H30N2O6S. The van der Waals surface area contributed by atoms with E-state index in [0.29, 0.717) is 38.9 Å². The number of hydrogen-bond acceptors (Lipinski definition) is 8. The molecule has 0 bridgehead atoms. The van der Waals surface area contributed by atoms with E-state index < -0.39 is 5.97 Å². The maximum Gasteiger partial charge on any atom is 0.308 e. The van der Waals surface area contributed by atoms with Crippen molar-refractivity contribution in [1.82, 2.24) is 4.57 Å². The first kappa shape index (κ1) is 27.5. The molecule has 2 aliphatic rings. The van der Waals surface area contributed by atoms with Crippen LogP contribution in [-0.4, -0.2) is 31.4 Å². The molecule has 4 aromatic rings. The summed E-state index contributed by atoms with van der Waals surface area (Å²) in [5, 5.41) is 0. The van der Waals surface area contributed by atoms with Crippen LogP contribution in [0.4, 0.5) is 0 Å². The minimum absolute atomic E-state index is 0.133. The van der Waals surface area contributed by atoms with Crippen LogP contribution < -0.4 is 33.8 Å². The molecule has 42 heavy (non-hydrogen) atoms. The number of hydrogen-bond donors (Lipinski definition) is 0. The minimum Gasteiger partial charge on any atom is -0.493 e.